The van der Waals surface area contributed by atoms with Crippen LogP contribution in [0.3, 0.4) is 0 Å². The van der Waals surface area contributed by atoms with E-state index in [1.165, 1.54) is 0 Å². The van der Waals surface area contributed by atoms with Gasteiger partial charge in [0.2, 0.25) is 0 Å². The lowest BCUT2D eigenvalue weighted by Crippen LogP contribution is -2.48. The Hall–Kier alpha value is -4.06. The topological polar surface area (TPSA) is 77.6 Å². The second-order valence-electron chi connectivity index (χ2n) is 9.30. The van der Waals surface area contributed by atoms with Gasteiger partial charge in [0.05, 0.1) is 0 Å². The van der Waals surface area contributed by atoms with Crippen molar-refractivity contribution in [2.45, 2.75) is 39.1 Å². The van der Waals surface area contributed by atoms with E-state index in [1.54, 1.807) is 13.8 Å². The van der Waals surface area contributed by atoms with Gasteiger partial charge in [0.25, 0.3) is 5.79 Å². The summed E-state index contributed by atoms with van der Waals surface area (Å²) in [4.78, 5) is 29.7. The number of aromatic nitrogens is 1. The molecule has 0 aliphatic carbocycles. The number of aromatic amines is 1. The molecule has 1 atom stereocenters. The fraction of sp³-hybridized carbons (Fsp3) is 0.241. The second-order valence-corrected chi connectivity index (χ2v) is 9.30. The Morgan fingerprint density at radius 1 is 0.914 bits per heavy atom. The Morgan fingerprint density at radius 2 is 1.63 bits per heavy atom. The fourth-order valence-electron chi connectivity index (χ4n) is 4.71. The molecule has 0 amide bonds. The molecule has 178 valence electrons. The summed E-state index contributed by atoms with van der Waals surface area (Å²) >= 11 is 0. The van der Waals surface area contributed by atoms with E-state index in [-0.39, 0.29) is 0 Å². The smallest absolute Gasteiger partial charge is 0.324 e. The number of cyclic esters (lactones) is 2. The minimum absolute atomic E-state index is 0.353. The second kappa shape index (κ2) is 8.95. The summed E-state index contributed by atoms with van der Waals surface area (Å²) < 4.78 is 17.3. The number of benzene rings is 3. The number of ether oxygens (including phenoxy) is 3. The van der Waals surface area contributed by atoms with Crippen molar-refractivity contribution >= 4 is 22.8 Å². The highest BCUT2D eigenvalue weighted by Gasteiger charge is 2.49. The van der Waals surface area contributed by atoms with Gasteiger partial charge >= 0.3 is 11.9 Å². The molecule has 0 bridgehead atoms. The molecule has 2 heterocycles. The van der Waals surface area contributed by atoms with Gasteiger partial charge in [-0.3, -0.25) is 9.59 Å². The Balaban J connectivity index is 1.60. The van der Waals surface area contributed by atoms with Gasteiger partial charge in [0, 0.05) is 42.4 Å². The van der Waals surface area contributed by atoms with Crippen molar-refractivity contribution in [3.8, 4) is 5.75 Å². The Kier molecular flexibility index (Phi) is 5.81. The lowest BCUT2D eigenvalue weighted by atomic mass is 9.79. The van der Waals surface area contributed by atoms with Crippen LogP contribution < -0.4 is 4.74 Å². The van der Waals surface area contributed by atoms with Crippen molar-refractivity contribution in [1.82, 2.24) is 4.98 Å². The fourth-order valence-corrected chi connectivity index (χ4v) is 4.71. The monoisotopic (exact) mass is 469 g/mol. The first-order chi connectivity index (χ1) is 16.8. The van der Waals surface area contributed by atoms with Crippen molar-refractivity contribution in [2.24, 2.45) is 5.92 Å². The zero-order valence-corrected chi connectivity index (χ0v) is 19.9. The number of rotatable bonds is 6. The normalized spacial score (nSPS) is 16.5. The summed E-state index contributed by atoms with van der Waals surface area (Å²) in [5, 5.41) is 0.913. The van der Waals surface area contributed by atoms with E-state index in [1.807, 2.05) is 79.9 Å². The molecule has 0 saturated carbocycles. The molecule has 1 saturated heterocycles. The first kappa shape index (κ1) is 22.7. The number of para-hydroxylation sites is 2. The van der Waals surface area contributed by atoms with Crippen molar-refractivity contribution < 1.29 is 23.8 Å². The predicted molar refractivity (Wildman–Crippen MR) is 132 cm³/mol. The third-order valence-electron chi connectivity index (χ3n) is 6.22. The zero-order chi connectivity index (χ0) is 24.6. The number of aryl methyl sites for hydroxylation is 1. The molecule has 1 aliphatic rings. The maximum atomic E-state index is 13.2. The van der Waals surface area contributed by atoms with Crippen LogP contribution in [-0.2, 0) is 25.7 Å². The number of H-pyrrole nitrogens is 1. The average molecular weight is 470 g/mol. The van der Waals surface area contributed by atoms with Gasteiger partial charge in [-0.2, -0.15) is 0 Å². The zero-order valence-electron chi connectivity index (χ0n) is 19.9. The van der Waals surface area contributed by atoms with Crippen molar-refractivity contribution in [1.29, 1.82) is 0 Å². The summed E-state index contributed by atoms with van der Waals surface area (Å²) in [6, 6.07) is 23.4. The van der Waals surface area contributed by atoms with Crippen molar-refractivity contribution in [3.63, 3.8) is 0 Å². The van der Waals surface area contributed by atoms with Crippen LogP contribution in [0, 0.1) is 12.8 Å². The van der Waals surface area contributed by atoms with Gasteiger partial charge in [-0.15, -0.1) is 0 Å². The molecular weight excluding hydrogens is 442 g/mol. The Bertz CT molecular complexity index is 1380. The number of nitrogens with one attached hydrogen (secondary N) is 1. The third kappa shape index (κ3) is 4.52. The van der Waals surface area contributed by atoms with Crippen molar-refractivity contribution in [3.05, 3.63) is 101 Å². The maximum Gasteiger partial charge on any atom is 0.324 e. The van der Waals surface area contributed by atoms with E-state index in [2.05, 4.69) is 11.1 Å². The van der Waals surface area contributed by atoms with E-state index in [0.29, 0.717) is 17.9 Å². The molecule has 5 rings (SSSR count). The molecule has 1 aromatic heterocycles. The molecule has 0 unspecified atom stereocenters. The summed E-state index contributed by atoms with van der Waals surface area (Å²) in [7, 11) is 0. The molecular formula is C29H27NO5. The molecule has 0 spiro atoms. The van der Waals surface area contributed by atoms with Crippen LogP contribution in [0.5, 0.6) is 5.75 Å². The summed E-state index contributed by atoms with van der Waals surface area (Å²) in [5.74, 6) is -3.79. The molecule has 0 radical (unpaired) electrons. The number of carbonyl (C=O) groups excluding carboxylic acids is 2. The van der Waals surface area contributed by atoms with Gasteiger partial charge in [0.15, 0.2) is 5.92 Å². The molecule has 1 N–H and O–H groups in total. The van der Waals surface area contributed by atoms with Crippen LogP contribution >= 0.6 is 0 Å². The van der Waals surface area contributed by atoms with Crippen LogP contribution in [0.1, 0.15) is 42.0 Å². The minimum atomic E-state index is -1.31. The molecule has 1 fully saturated rings. The van der Waals surface area contributed by atoms with Crippen LogP contribution in [0.15, 0.2) is 79.0 Å². The number of esters is 2. The quantitative estimate of drug-likeness (QED) is 0.292. The number of carbonyl (C=O) groups is 2. The number of fused-ring (bicyclic) bond motifs is 1. The summed E-state index contributed by atoms with van der Waals surface area (Å²) in [6.45, 7) is 5.50. The van der Waals surface area contributed by atoms with Gasteiger partial charge in [-0.05, 0) is 30.2 Å². The van der Waals surface area contributed by atoms with Crippen molar-refractivity contribution in [2.75, 3.05) is 0 Å². The highest BCUT2D eigenvalue weighted by Crippen LogP contribution is 2.43. The third-order valence-corrected chi connectivity index (χ3v) is 6.22. The highest BCUT2D eigenvalue weighted by atomic mass is 16.7. The molecule has 3 aromatic carbocycles. The van der Waals surface area contributed by atoms with E-state index in [0.717, 1.165) is 27.6 Å². The first-order valence-electron chi connectivity index (χ1n) is 11.6. The Labute approximate surface area is 203 Å². The van der Waals surface area contributed by atoms with Crippen LogP contribution in [-0.4, -0.2) is 22.7 Å². The largest absolute Gasteiger partial charge is 0.489 e. The predicted octanol–water partition coefficient (Wildman–Crippen LogP) is 5.64. The average Bonchev–Trinajstić information content (AvgIpc) is 3.24. The van der Waals surface area contributed by atoms with Gasteiger partial charge < -0.3 is 19.2 Å². The van der Waals surface area contributed by atoms with Crippen LogP contribution in [0.4, 0.5) is 0 Å². The van der Waals surface area contributed by atoms with Gasteiger partial charge in [-0.25, -0.2) is 0 Å². The van der Waals surface area contributed by atoms with E-state index < -0.39 is 29.6 Å². The van der Waals surface area contributed by atoms with Crippen LogP contribution in [0.25, 0.3) is 10.9 Å². The molecule has 1 aliphatic heterocycles. The molecule has 6 heteroatoms. The lowest BCUT2D eigenvalue weighted by Gasteiger charge is -2.36. The molecule has 35 heavy (non-hydrogen) atoms. The highest BCUT2D eigenvalue weighted by molar-refractivity contribution is 5.99. The van der Waals surface area contributed by atoms with Gasteiger partial charge in [-0.1, -0.05) is 66.2 Å². The lowest BCUT2D eigenvalue weighted by molar-refractivity contribution is -0.240. The summed E-state index contributed by atoms with van der Waals surface area (Å²) in [6.07, 6.45) is 1.84. The van der Waals surface area contributed by atoms with E-state index in [4.69, 9.17) is 14.2 Å². The van der Waals surface area contributed by atoms with Gasteiger partial charge in [0.1, 0.15) is 12.4 Å². The van der Waals surface area contributed by atoms with Crippen LogP contribution in [0.2, 0.25) is 0 Å². The number of hydrogen-bond donors (Lipinski definition) is 1. The maximum absolute atomic E-state index is 13.2. The minimum Gasteiger partial charge on any atom is -0.489 e. The molecule has 6 nitrogen and oxygen atoms in total. The standard InChI is InChI=1S/C29H27NO5/c1-18-9-8-10-19(15-18)17-33-24-14-7-5-12-21(24)25(22-16-30-23-13-6-4-11-20(22)23)26-27(31)34-29(2,3)35-28(26)32/h4-16,25-26,30H,17H2,1-3H3/t25-/m1/s1. The SMILES string of the molecule is Cc1cccc(COc2ccccc2[C@H](c2c[nH]c3ccccc23)C2C(=O)OC(C)(C)OC2=O)c1. The van der Waals surface area contributed by atoms with E-state index >= 15 is 0 Å². The number of hydrogen-bond acceptors (Lipinski definition) is 5. The molecule has 4 aromatic rings. The Morgan fingerprint density at radius 3 is 2.40 bits per heavy atom. The van der Waals surface area contributed by atoms with E-state index in [9.17, 15) is 9.59 Å². The first-order valence-corrected chi connectivity index (χ1v) is 11.6. The summed E-state index contributed by atoms with van der Waals surface area (Å²) in [5.41, 5.74) is 4.59.